The van der Waals surface area contributed by atoms with E-state index in [1.165, 1.54) is 4.90 Å². The fourth-order valence-corrected chi connectivity index (χ4v) is 4.47. The number of benzene rings is 2. The van der Waals surface area contributed by atoms with E-state index in [1.54, 1.807) is 30.3 Å². The van der Waals surface area contributed by atoms with Crippen LogP contribution in [0.2, 0.25) is 5.02 Å². The van der Waals surface area contributed by atoms with Crippen LogP contribution in [0, 0.1) is 11.3 Å². The van der Waals surface area contributed by atoms with E-state index in [4.69, 9.17) is 17.3 Å². The van der Waals surface area contributed by atoms with E-state index >= 15 is 0 Å². The number of anilines is 1. The van der Waals surface area contributed by atoms with Crippen LogP contribution in [0.5, 0.6) is 0 Å². The van der Waals surface area contributed by atoms with Gasteiger partial charge in [0.2, 0.25) is 5.91 Å². The molecule has 2 aromatic rings. The molecule has 1 aliphatic rings. The summed E-state index contributed by atoms with van der Waals surface area (Å²) in [5.41, 5.74) is 6.50. The molecule has 1 saturated heterocycles. The van der Waals surface area contributed by atoms with Crippen molar-refractivity contribution in [3.05, 3.63) is 74.2 Å². The molecule has 0 radical (unpaired) electrons. The Balaban J connectivity index is 2.05. The van der Waals surface area contributed by atoms with Crippen molar-refractivity contribution in [3.63, 3.8) is 0 Å². The molecular formula is C19H13BrClN3O2S. The molecule has 0 aromatic heterocycles. The van der Waals surface area contributed by atoms with Gasteiger partial charge in [-0.2, -0.15) is 5.26 Å². The molecular weight excluding hydrogens is 450 g/mol. The average molecular weight is 463 g/mol. The van der Waals surface area contributed by atoms with Gasteiger partial charge in [-0.15, -0.1) is 0 Å². The molecule has 2 aromatic carbocycles. The lowest BCUT2D eigenvalue weighted by molar-refractivity contribution is -0.117. The SMILES string of the molecule is N#C/C(C(N)=O)=C1/S[C@H](Cc2ccccc2Cl)C(=O)N1c1ccc(Br)cc1. The van der Waals surface area contributed by atoms with E-state index in [-0.39, 0.29) is 16.5 Å². The van der Waals surface area contributed by atoms with Gasteiger partial charge in [0.15, 0.2) is 0 Å². The Bertz CT molecular complexity index is 985. The van der Waals surface area contributed by atoms with Crippen LogP contribution in [0.25, 0.3) is 0 Å². The Morgan fingerprint density at radius 2 is 1.93 bits per heavy atom. The number of carbonyl (C=O) groups excluding carboxylic acids is 2. The maximum atomic E-state index is 13.1. The predicted octanol–water partition coefficient (Wildman–Crippen LogP) is 4.01. The maximum Gasteiger partial charge on any atom is 0.262 e. The standard InChI is InChI=1S/C19H13BrClN3O2S/c20-12-5-7-13(8-6-12)24-18(26)16(9-11-3-1-2-4-15(11)21)27-19(24)14(10-22)17(23)25/h1-8,16H,9H2,(H2,23,25)/b19-14-/t16-/m1/s1. The van der Waals surface area contributed by atoms with E-state index in [0.717, 1.165) is 21.8 Å². The van der Waals surface area contributed by atoms with Crippen LogP contribution in [0.4, 0.5) is 5.69 Å². The number of halogens is 2. The fourth-order valence-electron chi connectivity index (χ4n) is 2.69. The number of carbonyl (C=O) groups is 2. The number of hydrogen-bond acceptors (Lipinski definition) is 4. The van der Waals surface area contributed by atoms with Crippen molar-refractivity contribution in [1.29, 1.82) is 5.26 Å². The summed E-state index contributed by atoms with van der Waals surface area (Å²) in [5.74, 6) is -1.10. The molecule has 8 heteroatoms. The molecule has 2 amide bonds. The highest BCUT2D eigenvalue weighted by molar-refractivity contribution is 9.10. The van der Waals surface area contributed by atoms with E-state index in [2.05, 4.69) is 15.9 Å². The number of rotatable bonds is 4. The van der Waals surface area contributed by atoms with Gasteiger partial charge in [0.05, 0.1) is 5.25 Å². The van der Waals surface area contributed by atoms with Crippen LogP contribution < -0.4 is 10.6 Å². The highest BCUT2D eigenvalue weighted by atomic mass is 79.9. The number of nitriles is 1. The topological polar surface area (TPSA) is 87.2 Å². The van der Waals surface area contributed by atoms with Crippen LogP contribution in [0.3, 0.4) is 0 Å². The number of primary amides is 1. The third-order valence-electron chi connectivity index (χ3n) is 3.97. The van der Waals surface area contributed by atoms with Crippen LogP contribution in [0.1, 0.15) is 5.56 Å². The normalized spacial score (nSPS) is 18.3. The zero-order valence-electron chi connectivity index (χ0n) is 13.9. The second-order valence-electron chi connectivity index (χ2n) is 5.71. The molecule has 1 aliphatic heterocycles. The molecule has 1 heterocycles. The largest absolute Gasteiger partial charge is 0.365 e. The van der Waals surface area contributed by atoms with Gasteiger partial charge in [0, 0.05) is 15.2 Å². The van der Waals surface area contributed by atoms with Crippen molar-refractivity contribution in [2.24, 2.45) is 5.73 Å². The summed E-state index contributed by atoms with van der Waals surface area (Å²) < 4.78 is 0.846. The summed E-state index contributed by atoms with van der Waals surface area (Å²) in [5, 5.41) is 9.67. The van der Waals surface area contributed by atoms with E-state index < -0.39 is 11.2 Å². The van der Waals surface area contributed by atoms with E-state index in [0.29, 0.717) is 17.1 Å². The van der Waals surface area contributed by atoms with Gasteiger partial charge >= 0.3 is 0 Å². The monoisotopic (exact) mass is 461 g/mol. The first kappa shape index (κ1) is 19.5. The Kier molecular flexibility index (Phi) is 5.90. The minimum absolute atomic E-state index is 0.230. The van der Waals surface area contributed by atoms with Crippen LogP contribution >= 0.6 is 39.3 Å². The first-order valence-corrected chi connectivity index (χ1v) is 9.91. The Morgan fingerprint density at radius 1 is 1.26 bits per heavy atom. The third-order valence-corrected chi connectivity index (χ3v) is 6.13. The molecule has 2 N–H and O–H groups in total. The van der Waals surface area contributed by atoms with Gasteiger partial charge in [-0.3, -0.25) is 14.5 Å². The second kappa shape index (κ2) is 8.17. The van der Waals surface area contributed by atoms with Gasteiger partial charge in [-0.1, -0.05) is 57.5 Å². The van der Waals surface area contributed by atoms with Crippen molar-refractivity contribution in [1.82, 2.24) is 0 Å². The maximum absolute atomic E-state index is 13.1. The molecule has 0 saturated carbocycles. The van der Waals surface area contributed by atoms with Crippen molar-refractivity contribution in [2.75, 3.05) is 4.90 Å². The molecule has 0 spiro atoms. The summed E-state index contributed by atoms with van der Waals surface area (Å²) in [7, 11) is 0. The molecule has 136 valence electrons. The number of nitrogens with two attached hydrogens (primary N) is 1. The van der Waals surface area contributed by atoms with Crippen LogP contribution in [-0.2, 0) is 16.0 Å². The molecule has 27 heavy (non-hydrogen) atoms. The van der Waals surface area contributed by atoms with Crippen LogP contribution in [0.15, 0.2) is 63.6 Å². The zero-order chi connectivity index (χ0) is 19.6. The van der Waals surface area contributed by atoms with Crippen molar-refractivity contribution >= 4 is 56.8 Å². The zero-order valence-corrected chi connectivity index (χ0v) is 17.0. The molecule has 0 aliphatic carbocycles. The summed E-state index contributed by atoms with van der Waals surface area (Å²) in [6.07, 6.45) is 0.372. The average Bonchev–Trinajstić information content (AvgIpc) is 2.94. The predicted molar refractivity (Wildman–Crippen MR) is 110 cm³/mol. The Hall–Kier alpha value is -2.27. The number of hydrogen-bond donors (Lipinski definition) is 1. The second-order valence-corrected chi connectivity index (χ2v) is 8.22. The van der Waals surface area contributed by atoms with Crippen molar-refractivity contribution in [2.45, 2.75) is 11.7 Å². The minimum Gasteiger partial charge on any atom is -0.365 e. The fraction of sp³-hybridized carbons (Fsp3) is 0.105. The Labute approximate surface area is 173 Å². The lowest BCUT2D eigenvalue weighted by atomic mass is 10.1. The lowest BCUT2D eigenvalue weighted by Gasteiger charge is -2.18. The quantitative estimate of drug-likeness (QED) is 0.549. The molecule has 5 nitrogen and oxygen atoms in total. The summed E-state index contributed by atoms with van der Waals surface area (Å²) in [6.45, 7) is 0. The molecule has 0 unspecified atom stereocenters. The van der Waals surface area contributed by atoms with Gasteiger partial charge in [-0.05, 0) is 42.3 Å². The van der Waals surface area contributed by atoms with Crippen LogP contribution in [-0.4, -0.2) is 17.1 Å². The summed E-state index contributed by atoms with van der Waals surface area (Å²) in [4.78, 5) is 26.2. The molecule has 1 fully saturated rings. The number of nitrogens with zero attached hydrogens (tertiary/aromatic N) is 2. The van der Waals surface area contributed by atoms with E-state index in [1.807, 2.05) is 24.3 Å². The van der Waals surface area contributed by atoms with Crippen molar-refractivity contribution < 1.29 is 9.59 Å². The number of amides is 2. The smallest absolute Gasteiger partial charge is 0.262 e. The number of thioether (sulfide) groups is 1. The van der Waals surface area contributed by atoms with Gasteiger partial charge in [0.25, 0.3) is 5.91 Å². The molecule has 0 bridgehead atoms. The summed E-state index contributed by atoms with van der Waals surface area (Å²) >= 11 is 10.7. The van der Waals surface area contributed by atoms with Gasteiger partial charge < -0.3 is 5.73 Å². The Morgan fingerprint density at radius 3 is 2.52 bits per heavy atom. The van der Waals surface area contributed by atoms with Crippen molar-refractivity contribution in [3.8, 4) is 6.07 Å². The molecule has 3 rings (SSSR count). The minimum atomic E-state index is -0.867. The highest BCUT2D eigenvalue weighted by Crippen LogP contribution is 2.42. The van der Waals surface area contributed by atoms with Gasteiger partial charge in [0.1, 0.15) is 16.7 Å². The third kappa shape index (κ3) is 4.03. The molecule has 1 atom stereocenters. The highest BCUT2D eigenvalue weighted by Gasteiger charge is 2.40. The summed E-state index contributed by atoms with van der Waals surface area (Å²) in [6, 6.07) is 16.1. The van der Waals surface area contributed by atoms with E-state index in [9.17, 15) is 14.9 Å². The lowest BCUT2D eigenvalue weighted by Crippen LogP contribution is -2.31. The van der Waals surface area contributed by atoms with Gasteiger partial charge in [-0.25, -0.2) is 0 Å². The first-order valence-electron chi connectivity index (χ1n) is 7.86. The first-order chi connectivity index (χ1) is 12.9.